The van der Waals surface area contributed by atoms with Crippen LogP contribution in [0.5, 0.6) is 11.8 Å². The van der Waals surface area contributed by atoms with Gasteiger partial charge in [0.2, 0.25) is 5.88 Å². The molecule has 0 aliphatic rings. The predicted molar refractivity (Wildman–Crippen MR) is 53.0 cm³/mol. The number of hydrogen-bond acceptors (Lipinski definition) is 6. The van der Waals surface area contributed by atoms with E-state index in [1.165, 1.54) is 0 Å². The molecule has 0 aliphatic carbocycles. The van der Waals surface area contributed by atoms with Crippen molar-refractivity contribution in [1.29, 1.82) is 0 Å². The number of nitrogens with zero attached hydrogens (tertiary/aromatic N) is 1. The monoisotopic (exact) mass is 315 g/mol. The van der Waals surface area contributed by atoms with Crippen molar-refractivity contribution in [3.05, 3.63) is 6.07 Å². The van der Waals surface area contributed by atoms with Gasteiger partial charge in [0, 0.05) is 6.07 Å². The number of aromatic hydroxyl groups is 2. The van der Waals surface area contributed by atoms with Gasteiger partial charge in [0.1, 0.15) is 5.33 Å². The van der Waals surface area contributed by atoms with Gasteiger partial charge < -0.3 is 15.1 Å². The molecule has 0 amide bonds. The fraction of sp³-hybridized carbons (Fsp3) is 0.167. The number of carbonyl (C=O) groups is 1. The summed E-state index contributed by atoms with van der Waals surface area (Å²) in [6, 6.07) is 0.534. The topological polar surface area (TPSA) is 126 Å². The summed E-state index contributed by atoms with van der Waals surface area (Å²) in [6.07, 6.45) is 0. The first-order valence-electron chi connectivity index (χ1n) is 3.65. The molecule has 0 radical (unpaired) electrons. The number of halogens is 1. The van der Waals surface area contributed by atoms with Crippen molar-refractivity contribution in [3.63, 3.8) is 0 Å². The molecule has 0 aromatic carbocycles. The molecule has 0 atom stereocenters. The molecule has 16 heavy (non-hydrogen) atoms. The van der Waals surface area contributed by atoms with E-state index in [0.29, 0.717) is 6.07 Å². The number of carbonyl (C=O) groups excluding carboxylic acids is 1. The van der Waals surface area contributed by atoms with Gasteiger partial charge in [0.25, 0.3) is 16.0 Å². The van der Waals surface area contributed by atoms with E-state index < -0.39 is 32.7 Å². The molecule has 90 valence electrons. The number of aromatic nitrogens is 1. The minimum atomic E-state index is -4.71. The van der Waals surface area contributed by atoms with Crippen molar-refractivity contribution < 1.29 is 32.8 Å². The Labute approximate surface area is 97.9 Å². The molecular formula is C6H6BrNO7S. The predicted octanol–water partition coefficient (Wildman–Crippen LogP) is -0.504. The number of rotatable bonds is 3. The molecule has 0 saturated heterocycles. The standard InChI is InChI=1S/C6H6BrNO7S/c7-2-5(10)15-8-4(9)1-3(6(8)11)16(12,13)14/h1,9,11H,2H2,(H,12,13,14). The van der Waals surface area contributed by atoms with Gasteiger partial charge in [0.15, 0.2) is 4.90 Å². The van der Waals surface area contributed by atoms with E-state index in [-0.39, 0.29) is 10.1 Å². The first kappa shape index (κ1) is 12.8. The quantitative estimate of drug-likeness (QED) is 0.507. The van der Waals surface area contributed by atoms with Gasteiger partial charge in [0.05, 0.1) is 0 Å². The molecule has 0 spiro atoms. The molecule has 1 aromatic rings. The Morgan fingerprint density at radius 1 is 1.50 bits per heavy atom. The van der Waals surface area contributed by atoms with Gasteiger partial charge in [-0.05, 0) is 0 Å². The van der Waals surface area contributed by atoms with Crippen molar-refractivity contribution in [2.24, 2.45) is 0 Å². The van der Waals surface area contributed by atoms with Crippen LogP contribution in [0.2, 0.25) is 0 Å². The Hall–Kier alpha value is -1.26. The highest BCUT2D eigenvalue weighted by Crippen LogP contribution is 2.29. The lowest BCUT2D eigenvalue weighted by atomic mass is 10.6. The van der Waals surface area contributed by atoms with E-state index >= 15 is 0 Å². The zero-order valence-corrected chi connectivity index (χ0v) is 9.90. The van der Waals surface area contributed by atoms with Crippen LogP contribution in [-0.4, -0.2) is 39.2 Å². The highest BCUT2D eigenvalue weighted by atomic mass is 79.9. The van der Waals surface area contributed by atoms with E-state index in [0.717, 1.165) is 0 Å². The normalized spacial score (nSPS) is 11.4. The maximum atomic E-state index is 10.8. The molecule has 8 nitrogen and oxygen atoms in total. The summed E-state index contributed by atoms with van der Waals surface area (Å²) in [7, 11) is -4.71. The minimum Gasteiger partial charge on any atom is -0.492 e. The van der Waals surface area contributed by atoms with Gasteiger partial charge in [-0.15, -0.1) is 4.73 Å². The minimum absolute atomic E-state index is 0.173. The molecule has 0 aliphatic heterocycles. The van der Waals surface area contributed by atoms with Crippen molar-refractivity contribution in [3.8, 4) is 11.8 Å². The van der Waals surface area contributed by atoms with Crippen LogP contribution < -0.4 is 4.84 Å². The average molecular weight is 316 g/mol. The van der Waals surface area contributed by atoms with E-state index in [9.17, 15) is 18.3 Å². The van der Waals surface area contributed by atoms with Crippen LogP contribution in [0.3, 0.4) is 0 Å². The molecular weight excluding hydrogens is 310 g/mol. The first-order valence-corrected chi connectivity index (χ1v) is 6.21. The Kier molecular flexibility index (Phi) is 3.45. The second-order valence-corrected chi connectivity index (χ2v) is 4.51. The summed E-state index contributed by atoms with van der Waals surface area (Å²) in [5.41, 5.74) is 0. The van der Waals surface area contributed by atoms with Crippen LogP contribution in [0.15, 0.2) is 11.0 Å². The summed E-state index contributed by atoms with van der Waals surface area (Å²) in [4.78, 5) is 14.2. The largest absolute Gasteiger partial charge is 0.492 e. The van der Waals surface area contributed by atoms with Crippen LogP contribution >= 0.6 is 15.9 Å². The Balaban J connectivity index is 3.23. The Bertz CT molecular complexity index is 519. The second kappa shape index (κ2) is 4.31. The third-order valence-electron chi connectivity index (χ3n) is 1.46. The average Bonchev–Trinajstić information content (AvgIpc) is 2.44. The highest BCUT2D eigenvalue weighted by molar-refractivity contribution is 9.09. The van der Waals surface area contributed by atoms with Gasteiger partial charge >= 0.3 is 5.97 Å². The third-order valence-corrected chi connectivity index (χ3v) is 2.78. The molecule has 0 saturated carbocycles. The van der Waals surface area contributed by atoms with Crippen molar-refractivity contribution >= 4 is 32.0 Å². The molecule has 0 bridgehead atoms. The Morgan fingerprint density at radius 3 is 2.44 bits per heavy atom. The molecule has 10 heteroatoms. The van der Waals surface area contributed by atoms with Gasteiger partial charge in [-0.3, -0.25) is 4.55 Å². The van der Waals surface area contributed by atoms with Crippen LogP contribution in [0, 0.1) is 0 Å². The molecule has 0 unspecified atom stereocenters. The second-order valence-electron chi connectivity index (χ2n) is 2.56. The summed E-state index contributed by atoms with van der Waals surface area (Å²) in [5, 5.41) is 18.2. The Morgan fingerprint density at radius 2 is 2.06 bits per heavy atom. The number of alkyl halides is 1. The summed E-state index contributed by atoms with van der Waals surface area (Å²) in [6.45, 7) is 0. The van der Waals surface area contributed by atoms with Crippen LogP contribution in [0.4, 0.5) is 0 Å². The van der Waals surface area contributed by atoms with E-state index in [2.05, 4.69) is 20.8 Å². The highest BCUT2D eigenvalue weighted by Gasteiger charge is 2.25. The molecule has 3 N–H and O–H groups in total. The molecule has 1 rings (SSSR count). The smallest absolute Gasteiger partial charge is 0.343 e. The fourth-order valence-electron chi connectivity index (χ4n) is 0.855. The van der Waals surface area contributed by atoms with Gasteiger partial charge in [-0.2, -0.15) is 8.42 Å². The fourth-order valence-corrected chi connectivity index (χ4v) is 1.53. The van der Waals surface area contributed by atoms with Gasteiger partial charge in [-0.1, -0.05) is 15.9 Å². The summed E-state index contributed by atoms with van der Waals surface area (Å²) >= 11 is 2.75. The van der Waals surface area contributed by atoms with Crippen LogP contribution in [0.1, 0.15) is 0 Å². The number of hydrogen-bond donors (Lipinski definition) is 3. The van der Waals surface area contributed by atoms with Crippen molar-refractivity contribution in [2.45, 2.75) is 4.90 Å². The molecule has 1 aromatic heterocycles. The lowest BCUT2D eigenvalue weighted by Crippen LogP contribution is -2.19. The molecule has 1 heterocycles. The maximum Gasteiger partial charge on any atom is 0.343 e. The van der Waals surface area contributed by atoms with Crippen LogP contribution in [0.25, 0.3) is 0 Å². The third kappa shape index (κ3) is 2.46. The lowest BCUT2D eigenvalue weighted by molar-refractivity contribution is -0.142. The SMILES string of the molecule is O=C(CBr)On1c(O)cc(S(=O)(=O)O)c1O. The molecule has 0 fully saturated rings. The van der Waals surface area contributed by atoms with Crippen molar-refractivity contribution in [2.75, 3.05) is 5.33 Å². The summed E-state index contributed by atoms with van der Waals surface area (Å²) < 4.78 is 30.2. The van der Waals surface area contributed by atoms with E-state index in [1.54, 1.807) is 0 Å². The maximum absolute atomic E-state index is 10.8. The van der Waals surface area contributed by atoms with Gasteiger partial charge in [-0.25, -0.2) is 4.79 Å². The van der Waals surface area contributed by atoms with Crippen LogP contribution in [-0.2, 0) is 14.9 Å². The van der Waals surface area contributed by atoms with E-state index in [1.807, 2.05) is 0 Å². The zero-order chi connectivity index (χ0) is 12.5. The summed E-state index contributed by atoms with van der Waals surface area (Å²) in [5.74, 6) is -2.84. The first-order chi connectivity index (χ1) is 7.27. The van der Waals surface area contributed by atoms with Crippen molar-refractivity contribution in [1.82, 2.24) is 4.73 Å². The lowest BCUT2D eigenvalue weighted by Gasteiger charge is -2.04. The zero-order valence-electron chi connectivity index (χ0n) is 7.49. The van der Waals surface area contributed by atoms with E-state index in [4.69, 9.17) is 9.66 Å².